The first-order chi connectivity index (χ1) is 15.5. The number of anilines is 1. The fraction of sp³-hybridized carbons (Fsp3) is 0.333. The molecule has 0 spiro atoms. The van der Waals surface area contributed by atoms with E-state index in [1.54, 1.807) is 18.2 Å². The average Bonchev–Trinajstić information content (AvgIpc) is 2.72. The van der Waals surface area contributed by atoms with Crippen LogP contribution in [0.25, 0.3) is 11.1 Å². The molecule has 1 aromatic heterocycles. The van der Waals surface area contributed by atoms with Crippen LogP contribution in [0.5, 0.6) is 5.75 Å². The average molecular weight is 558 g/mol. The molecule has 0 fully saturated rings. The maximum Gasteiger partial charge on any atom is 0.415 e. The summed E-state index contributed by atoms with van der Waals surface area (Å²) in [6, 6.07) is 14.5. The van der Waals surface area contributed by atoms with Crippen molar-refractivity contribution in [1.82, 2.24) is 4.98 Å². The molecule has 0 bridgehead atoms. The van der Waals surface area contributed by atoms with Crippen LogP contribution >= 0.6 is 22.6 Å². The Morgan fingerprint density at radius 1 is 1.03 bits per heavy atom. The van der Waals surface area contributed by atoms with Gasteiger partial charge in [-0.15, -0.1) is 0 Å². The number of carbonyl (C=O) groups is 1. The van der Waals surface area contributed by atoms with Crippen molar-refractivity contribution in [2.45, 2.75) is 53.7 Å². The molecule has 0 saturated carbocycles. The SMILES string of the molecule is COc1c(C)cnc(CN(C(=O)OC(C)(C)C)c2cc(C)cc(-c3ccc(I)cc3)c2)c1C. The van der Waals surface area contributed by atoms with Gasteiger partial charge < -0.3 is 9.47 Å². The zero-order chi connectivity index (χ0) is 24.3. The van der Waals surface area contributed by atoms with E-state index < -0.39 is 11.7 Å². The Balaban J connectivity index is 2.09. The molecule has 0 aliphatic rings. The van der Waals surface area contributed by atoms with Crippen LogP contribution in [0.2, 0.25) is 0 Å². The van der Waals surface area contributed by atoms with Gasteiger partial charge in [0, 0.05) is 26.6 Å². The summed E-state index contributed by atoms with van der Waals surface area (Å²) in [6.45, 7) is 11.8. The van der Waals surface area contributed by atoms with E-state index in [1.807, 2.05) is 53.7 Å². The molecule has 0 saturated heterocycles. The molecule has 174 valence electrons. The van der Waals surface area contributed by atoms with Gasteiger partial charge in [-0.3, -0.25) is 9.88 Å². The highest BCUT2D eigenvalue weighted by Gasteiger charge is 2.26. The molecule has 3 rings (SSSR count). The van der Waals surface area contributed by atoms with Crippen LogP contribution in [0.4, 0.5) is 10.5 Å². The molecule has 0 unspecified atom stereocenters. The Morgan fingerprint density at radius 3 is 2.30 bits per heavy atom. The van der Waals surface area contributed by atoms with Gasteiger partial charge in [-0.2, -0.15) is 0 Å². The maximum atomic E-state index is 13.3. The highest BCUT2D eigenvalue weighted by molar-refractivity contribution is 14.1. The van der Waals surface area contributed by atoms with Crippen molar-refractivity contribution in [2.75, 3.05) is 12.0 Å². The number of benzene rings is 2. The van der Waals surface area contributed by atoms with E-state index in [2.05, 4.69) is 57.9 Å². The van der Waals surface area contributed by atoms with E-state index in [1.165, 1.54) is 3.57 Å². The lowest BCUT2D eigenvalue weighted by molar-refractivity contribution is 0.0577. The number of pyridine rings is 1. The molecule has 0 aliphatic heterocycles. The van der Waals surface area contributed by atoms with Gasteiger partial charge in [0.15, 0.2) is 0 Å². The van der Waals surface area contributed by atoms with Gasteiger partial charge in [0.1, 0.15) is 11.4 Å². The second kappa shape index (κ2) is 10.1. The highest BCUT2D eigenvalue weighted by Crippen LogP contribution is 2.31. The van der Waals surface area contributed by atoms with Crippen LogP contribution in [-0.2, 0) is 11.3 Å². The fourth-order valence-electron chi connectivity index (χ4n) is 3.69. The number of rotatable bonds is 5. The van der Waals surface area contributed by atoms with E-state index in [0.29, 0.717) is 0 Å². The minimum absolute atomic E-state index is 0.271. The standard InChI is InChI=1S/C27H31IN2O3/c1-17-12-21(20-8-10-22(28)11-9-20)14-23(13-17)30(26(31)33-27(4,5)6)16-24-19(3)25(32-7)18(2)15-29-24/h8-15H,16H2,1-7H3. The molecule has 0 radical (unpaired) electrons. The monoisotopic (exact) mass is 558 g/mol. The molecule has 6 heteroatoms. The summed E-state index contributed by atoms with van der Waals surface area (Å²) in [5.74, 6) is 0.785. The fourth-order valence-corrected chi connectivity index (χ4v) is 4.05. The van der Waals surface area contributed by atoms with E-state index in [0.717, 1.165) is 44.9 Å². The first-order valence-electron chi connectivity index (χ1n) is 10.9. The van der Waals surface area contributed by atoms with Gasteiger partial charge in [0.2, 0.25) is 0 Å². The first-order valence-corrected chi connectivity index (χ1v) is 11.9. The third-order valence-electron chi connectivity index (χ3n) is 5.22. The predicted molar refractivity (Wildman–Crippen MR) is 142 cm³/mol. The van der Waals surface area contributed by atoms with Gasteiger partial charge >= 0.3 is 6.09 Å². The number of halogens is 1. The van der Waals surface area contributed by atoms with Crippen molar-refractivity contribution in [3.05, 3.63) is 74.6 Å². The topological polar surface area (TPSA) is 51.7 Å². The van der Waals surface area contributed by atoms with E-state index in [4.69, 9.17) is 9.47 Å². The number of hydrogen-bond donors (Lipinski definition) is 0. The summed E-state index contributed by atoms with van der Waals surface area (Å²) in [6.07, 6.45) is 1.37. The summed E-state index contributed by atoms with van der Waals surface area (Å²) in [4.78, 5) is 19.6. The van der Waals surface area contributed by atoms with Gasteiger partial charge in [-0.1, -0.05) is 18.2 Å². The van der Waals surface area contributed by atoms with Crippen LogP contribution < -0.4 is 9.64 Å². The molecule has 3 aromatic rings. The first kappa shape index (κ1) is 25.0. The van der Waals surface area contributed by atoms with Gasteiger partial charge in [0.05, 0.1) is 19.3 Å². The summed E-state index contributed by atoms with van der Waals surface area (Å²) < 4.78 is 12.5. The van der Waals surface area contributed by atoms with Crippen molar-refractivity contribution in [3.63, 3.8) is 0 Å². The second-order valence-electron chi connectivity index (χ2n) is 9.18. The van der Waals surface area contributed by atoms with Crippen LogP contribution in [0.15, 0.2) is 48.7 Å². The zero-order valence-corrected chi connectivity index (χ0v) is 22.5. The lowest BCUT2D eigenvalue weighted by atomic mass is 10.0. The number of methoxy groups -OCH3 is 1. The van der Waals surface area contributed by atoms with Crippen LogP contribution in [0, 0.1) is 24.3 Å². The van der Waals surface area contributed by atoms with Crippen molar-refractivity contribution in [1.29, 1.82) is 0 Å². The molecule has 1 amide bonds. The third-order valence-corrected chi connectivity index (χ3v) is 5.94. The molecule has 0 aliphatic carbocycles. The predicted octanol–water partition coefficient (Wildman–Crippen LogP) is 7.23. The number of nitrogens with zero attached hydrogens (tertiary/aromatic N) is 2. The van der Waals surface area contributed by atoms with Crippen LogP contribution in [0.1, 0.15) is 43.2 Å². The molecule has 2 aromatic carbocycles. The smallest absolute Gasteiger partial charge is 0.415 e. The Labute approximate surface area is 210 Å². The van der Waals surface area contributed by atoms with E-state index >= 15 is 0 Å². The number of ether oxygens (including phenoxy) is 2. The molecule has 0 N–H and O–H groups in total. The summed E-state index contributed by atoms with van der Waals surface area (Å²) in [7, 11) is 1.65. The normalized spacial score (nSPS) is 11.3. The molecular formula is C27H31IN2O3. The van der Waals surface area contributed by atoms with E-state index in [9.17, 15) is 4.79 Å². The minimum Gasteiger partial charge on any atom is -0.496 e. The zero-order valence-electron chi connectivity index (χ0n) is 20.3. The lowest BCUT2D eigenvalue weighted by Gasteiger charge is -2.28. The Kier molecular flexibility index (Phi) is 7.67. The number of amides is 1. The molecular weight excluding hydrogens is 527 g/mol. The Morgan fingerprint density at radius 2 is 1.70 bits per heavy atom. The summed E-state index contributed by atoms with van der Waals surface area (Å²) in [5.41, 5.74) is 5.97. The maximum absolute atomic E-state index is 13.3. The number of aryl methyl sites for hydroxylation is 2. The number of hydrogen-bond acceptors (Lipinski definition) is 4. The Bertz CT molecular complexity index is 1150. The summed E-state index contributed by atoms with van der Waals surface area (Å²) >= 11 is 2.30. The van der Waals surface area contributed by atoms with Crippen LogP contribution in [-0.4, -0.2) is 23.8 Å². The van der Waals surface area contributed by atoms with Crippen molar-refractivity contribution in [3.8, 4) is 16.9 Å². The van der Waals surface area contributed by atoms with E-state index in [-0.39, 0.29) is 6.54 Å². The quantitative estimate of drug-likeness (QED) is 0.310. The van der Waals surface area contributed by atoms with Gasteiger partial charge in [-0.05, 0) is 105 Å². The third kappa shape index (κ3) is 6.25. The number of aromatic nitrogens is 1. The van der Waals surface area contributed by atoms with Crippen molar-refractivity contribution < 1.29 is 14.3 Å². The largest absolute Gasteiger partial charge is 0.496 e. The van der Waals surface area contributed by atoms with Gasteiger partial charge in [0.25, 0.3) is 0 Å². The van der Waals surface area contributed by atoms with Crippen molar-refractivity contribution in [2.24, 2.45) is 0 Å². The Hall–Kier alpha value is -2.61. The second-order valence-corrected chi connectivity index (χ2v) is 10.4. The highest BCUT2D eigenvalue weighted by atomic mass is 127. The lowest BCUT2D eigenvalue weighted by Crippen LogP contribution is -2.37. The molecule has 5 nitrogen and oxygen atoms in total. The number of carbonyl (C=O) groups excluding carboxylic acids is 1. The molecule has 0 atom stereocenters. The molecule has 33 heavy (non-hydrogen) atoms. The minimum atomic E-state index is -0.619. The molecule has 1 heterocycles. The van der Waals surface area contributed by atoms with Crippen LogP contribution in [0.3, 0.4) is 0 Å². The van der Waals surface area contributed by atoms with Gasteiger partial charge in [-0.25, -0.2) is 4.79 Å². The van der Waals surface area contributed by atoms with Crippen molar-refractivity contribution >= 4 is 34.4 Å². The summed E-state index contributed by atoms with van der Waals surface area (Å²) in [5, 5.41) is 0.